The SMILES string of the molecule is Nc1cnccc1NCCc1cccc(O)c1. The lowest BCUT2D eigenvalue weighted by Gasteiger charge is -2.08. The number of hydrogen-bond donors (Lipinski definition) is 3. The third-order valence-corrected chi connectivity index (χ3v) is 2.49. The number of nitrogens with zero attached hydrogens (tertiary/aromatic N) is 1. The first kappa shape index (κ1) is 11.3. The van der Waals surface area contributed by atoms with E-state index in [2.05, 4.69) is 10.3 Å². The minimum absolute atomic E-state index is 0.297. The summed E-state index contributed by atoms with van der Waals surface area (Å²) in [5.41, 5.74) is 8.38. The van der Waals surface area contributed by atoms with Gasteiger partial charge in [0.05, 0.1) is 17.6 Å². The lowest BCUT2D eigenvalue weighted by Crippen LogP contribution is -2.06. The van der Waals surface area contributed by atoms with Crippen molar-refractivity contribution in [2.45, 2.75) is 6.42 Å². The molecule has 0 aliphatic carbocycles. The molecule has 0 fully saturated rings. The predicted molar refractivity (Wildman–Crippen MR) is 68.9 cm³/mol. The van der Waals surface area contributed by atoms with Crippen molar-refractivity contribution in [3.8, 4) is 5.75 Å². The number of phenolic OH excluding ortho intramolecular Hbond substituents is 1. The minimum atomic E-state index is 0.297. The lowest BCUT2D eigenvalue weighted by molar-refractivity contribution is 0.474. The molecule has 0 radical (unpaired) electrons. The third-order valence-electron chi connectivity index (χ3n) is 2.49. The summed E-state index contributed by atoms with van der Waals surface area (Å²) in [6.45, 7) is 0.762. The molecule has 17 heavy (non-hydrogen) atoms. The van der Waals surface area contributed by atoms with E-state index in [0.29, 0.717) is 11.4 Å². The molecule has 4 heteroatoms. The van der Waals surface area contributed by atoms with E-state index in [1.807, 2.05) is 18.2 Å². The standard InChI is InChI=1S/C13H15N3O/c14-12-9-15-6-5-13(12)16-7-4-10-2-1-3-11(17)8-10/h1-3,5-6,8-9,17H,4,7,14H2,(H,15,16). The van der Waals surface area contributed by atoms with Crippen molar-refractivity contribution in [2.75, 3.05) is 17.6 Å². The second-order valence-electron chi connectivity index (χ2n) is 3.81. The molecule has 4 N–H and O–H groups in total. The highest BCUT2D eigenvalue weighted by Gasteiger charge is 1.98. The molecule has 1 aromatic heterocycles. The number of phenols is 1. The highest BCUT2D eigenvalue weighted by atomic mass is 16.3. The Labute approximate surface area is 100 Å². The summed E-state index contributed by atoms with van der Waals surface area (Å²) < 4.78 is 0. The van der Waals surface area contributed by atoms with Crippen LogP contribution in [0.5, 0.6) is 5.75 Å². The first-order chi connectivity index (χ1) is 8.25. The normalized spacial score (nSPS) is 10.1. The van der Waals surface area contributed by atoms with Gasteiger partial charge in [0.15, 0.2) is 0 Å². The summed E-state index contributed by atoms with van der Waals surface area (Å²) in [5, 5.41) is 12.6. The van der Waals surface area contributed by atoms with Gasteiger partial charge in [0.1, 0.15) is 5.75 Å². The molecule has 0 amide bonds. The molecule has 1 heterocycles. The van der Waals surface area contributed by atoms with E-state index in [9.17, 15) is 5.11 Å². The summed E-state index contributed by atoms with van der Waals surface area (Å²) in [5.74, 6) is 0.297. The van der Waals surface area contributed by atoms with Gasteiger partial charge in [0.25, 0.3) is 0 Å². The fourth-order valence-corrected chi connectivity index (χ4v) is 1.62. The lowest BCUT2D eigenvalue weighted by atomic mass is 10.1. The molecular formula is C13H15N3O. The zero-order chi connectivity index (χ0) is 12.1. The topological polar surface area (TPSA) is 71.2 Å². The Morgan fingerprint density at radius 1 is 1.29 bits per heavy atom. The first-order valence-electron chi connectivity index (χ1n) is 5.47. The van der Waals surface area contributed by atoms with Crippen LogP contribution in [0.1, 0.15) is 5.56 Å². The second-order valence-corrected chi connectivity index (χ2v) is 3.81. The van der Waals surface area contributed by atoms with E-state index in [0.717, 1.165) is 24.2 Å². The van der Waals surface area contributed by atoms with E-state index >= 15 is 0 Å². The molecule has 2 rings (SSSR count). The zero-order valence-corrected chi connectivity index (χ0v) is 9.43. The van der Waals surface area contributed by atoms with Crippen LogP contribution in [0.4, 0.5) is 11.4 Å². The van der Waals surface area contributed by atoms with Gasteiger partial charge in [-0.15, -0.1) is 0 Å². The number of anilines is 2. The maximum absolute atomic E-state index is 9.32. The van der Waals surface area contributed by atoms with Crippen LogP contribution < -0.4 is 11.1 Å². The smallest absolute Gasteiger partial charge is 0.115 e. The van der Waals surface area contributed by atoms with Crippen LogP contribution in [0.2, 0.25) is 0 Å². The monoisotopic (exact) mass is 229 g/mol. The molecule has 0 spiro atoms. The van der Waals surface area contributed by atoms with E-state index in [-0.39, 0.29) is 0 Å². The summed E-state index contributed by atoms with van der Waals surface area (Å²) >= 11 is 0. The number of hydrogen-bond acceptors (Lipinski definition) is 4. The van der Waals surface area contributed by atoms with Gasteiger partial charge in [-0.1, -0.05) is 12.1 Å². The number of rotatable bonds is 4. The Kier molecular flexibility index (Phi) is 3.45. The van der Waals surface area contributed by atoms with Crippen molar-refractivity contribution in [1.29, 1.82) is 0 Å². The number of benzene rings is 1. The fourth-order valence-electron chi connectivity index (χ4n) is 1.62. The number of aromatic nitrogens is 1. The maximum Gasteiger partial charge on any atom is 0.115 e. The molecule has 4 nitrogen and oxygen atoms in total. The molecule has 0 atom stereocenters. The first-order valence-corrected chi connectivity index (χ1v) is 5.47. The molecule has 88 valence electrons. The van der Waals surface area contributed by atoms with E-state index in [4.69, 9.17) is 5.73 Å². The minimum Gasteiger partial charge on any atom is -0.508 e. The highest BCUT2D eigenvalue weighted by molar-refractivity contribution is 5.64. The third kappa shape index (κ3) is 3.11. The van der Waals surface area contributed by atoms with Crippen LogP contribution in [0, 0.1) is 0 Å². The van der Waals surface area contributed by atoms with Crippen molar-refractivity contribution >= 4 is 11.4 Å². The average molecular weight is 229 g/mol. The van der Waals surface area contributed by atoms with Crippen LogP contribution in [0.15, 0.2) is 42.7 Å². The summed E-state index contributed by atoms with van der Waals surface area (Å²) in [7, 11) is 0. The summed E-state index contributed by atoms with van der Waals surface area (Å²) in [6.07, 6.45) is 4.15. The largest absolute Gasteiger partial charge is 0.508 e. The van der Waals surface area contributed by atoms with Crippen molar-refractivity contribution < 1.29 is 5.11 Å². The number of pyridine rings is 1. The molecular weight excluding hydrogens is 214 g/mol. The maximum atomic E-state index is 9.32. The van der Waals surface area contributed by atoms with E-state index in [1.54, 1.807) is 24.5 Å². The molecule has 2 aromatic rings. The Morgan fingerprint density at radius 2 is 2.18 bits per heavy atom. The number of nitrogens with two attached hydrogens (primary N) is 1. The van der Waals surface area contributed by atoms with Crippen LogP contribution in [-0.2, 0) is 6.42 Å². The number of nitrogen functional groups attached to an aromatic ring is 1. The molecule has 0 aliphatic heterocycles. The van der Waals surface area contributed by atoms with Crippen molar-refractivity contribution in [1.82, 2.24) is 4.98 Å². The summed E-state index contributed by atoms with van der Waals surface area (Å²) in [4.78, 5) is 3.92. The van der Waals surface area contributed by atoms with Crippen LogP contribution >= 0.6 is 0 Å². The molecule has 0 bridgehead atoms. The van der Waals surface area contributed by atoms with Gasteiger partial charge < -0.3 is 16.2 Å². The van der Waals surface area contributed by atoms with E-state index < -0.39 is 0 Å². The van der Waals surface area contributed by atoms with Gasteiger partial charge in [0, 0.05) is 12.7 Å². The number of nitrogens with one attached hydrogen (secondary N) is 1. The van der Waals surface area contributed by atoms with Crippen molar-refractivity contribution in [3.05, 3.63) is 48.3 Å². The van der Waals surface area contributed by atoms with Gasteiger partial charge in [0.2, 0.25) is 0 Å². The highest BCUT2D eigenvalue weighted by Crippen LogP contribution is 2.16. The Morgan fingerprint density at radius 3 is 2.94 bits per heavy atom. The van der Waals surface area contributed by atoms with Gasteiger partial charge >= 0.3 is 0 Å². The zero-order valence-electron chi connectivity index (χ0n) is 9.43. The predicted octanol–water partition coefficient (Wildman–Crippen LogP) is 2.02. The Balaban J connectivity index is 1.90. The quantitative estimate of drug-likeness (QED) is 0.750. The molecule has 0 unspecified atom stereocenters. The van der Waals surface area contributed by atoms with Gasteiger partial charge in [-0.05, 0) is 30.2 Å². The molecule has 0 aliphatic rings. The van der Waals surface area contributed by atoms with Gasteiger partial charge in [-0.2, -0.15) is 0 Å². The second kappa shape index (κ2) is 5.21. The van der Waals surface area contributed by atoms with Gasteiger partial charge in [-0.3, -0.25) is 4.98 Å². The van der Waals surface area contributed by atoms with Gasteiger partial charge in [-0.25, -0.2) is 0 Å². The van der Waals surface area contributed by atoms with Crippen molar-refractivity contribution in [2.24, 2.45) is 0 Å². The van der Waals surface area contributed by atoms with Crippen LogP contribution in [-0.4, -0.2) is 16.6 Å². The molecule has 1 aromatic carbocycles. The molecule has 0 saturated heterocycles. The average Bonchev–Trinajstić information content (AvgIpc) is 2.32. The van der Waals surface area contributed by atoms with Crippen LogP contribution in [0.25, 0.3) is 0 Å². The Hall–Kier alpha value is -2.23. The Bertz CT molecular complexity index is 500. The summed E-state index contributed by atoms with van der Waals surface area (Å²) in [6, 6.07) is 9.09. The fraction of sp³-hybridized carbons (Fsp3) is 0.154. The van der Waals surface area contributed by atoms with Crippen LogP contribution in [0.3, 0.4) is 0 Å². The van der Waals surface area contributed by atoms with E-state index in [1.165, 1.54) is 0 Å². The number of aromatic hydroxyl groups is 1. The molecule has 0 saturated carbocycles. The van der Waals surface area contributed by atoms with Crippen molar-refractivity contribution in [3.63, 3.8) is 0 Å².